The van der Waals surface area contributed by atoms with Crippen molar-refractivity contribution in [3.63, 3.8) is 0 Å². The van der Waals surface area contributed by atoms with E-state index in [4.69, 9.17) is 9.47 Å². The molecular weight excluding hydrogens is 342 g/mol. The van der Waals surface area contributed by atoms with Gasteiger partial charge in [0.25, 0.3) is 0 Å². The third-order valence-electron chi connectivity index (χ3n) is 4.72. The minimum absolute atomic E-state index is 0.0215. The predicted octanol–water partition coefficient (Wildman–Crippen LogP) is 4.85. The van der Waals surface area contributed by atoms with Crippen LogP contribution in [0.5, 0.6) is 5.75 Å². The Hall–Kier alpha value is -2.27. The number of carbonyl (C=O) groups excluding carboxylic acids is 1. The summed E-state index contributed by atoms with van der Waals surface area (Å²) in [7, 11) is 0. The summed E-state index contributed by atoms with van der Waals surface area (Å²) in [5.74, 6) is 0.632. The lowest BCUT2D eigenvalue weighted by molar-refractivity contribution is 0.0581. The van der Waals surface area contributed by atoms with Crippen molar-refractivity contribution < 1.29 is 19.4 Å². The highest BCUT2D eigenvalue weighted by Crippen LogP contribution is 2.45. The zero-order chi connectivity index (χ0) is 19.6. The predicted molar refractivity (Wildman–Crippen MR) is 108 cm³/mol. The van der Waals surface area contributed by atoms with Crippen LogP contribution in [0.15, 0.2) is 30.3 Å². The molecule has 146 valence electrons. The molecule has 1 heterocycles. The number of benzene rings is 2. The van der Waals surface area contributed by atoms with E-state index in [9.17, 15) is 9.90 Å². The third kappa shape index (κ3) is 4.03. The molecule has 3 rings (SSSR count). The summed E-state index contributed by atoms with van der Waals surface area (Å²) in [4.78, 5) is 14.4. The van der Waals surface area contributed by atoms with E-state index in [1.807, 2.05) is 51.1 Å². The first-order valence-corrected chi connectivity index (χ1v) is 9.65. The van der Waals surface area contributed by atoms with Gasteiger partial charge < -0.3 is 14.6 Å². The molecule has 27 heavy (non-hydrogen) atoms. The monoisotopic (exact) mass is 371 g/mol. The normalized spacial score (nSPS) is 16.5. The van der Waals surface area contributed by atoms with E-state index < -0.39 is 11.7 Å². The summed E-state index contributed by atoms with van der Waals surface area (Å²) in [6.07, 6.45) is 1.63. The quantitative estimate of drug-likeness (QED) is 0.763. The number of aliphatic hydroxyl groups excluding tert-OH is 1. The number of hydrogen-bond donors (Lipinski definition) is 1. The smallest absolute Gasteiger partial charge is 0.414 e. The van der Waals surface area contributed by atoms with Crippen molar-refractivity contribution in [1.29, 1.82) is 0 Å². The van der Waals surface area contributed by atoms with Gasteiger partial charge in [-0.3, -0.25) is 4.90 Å². The Kier molecular flexibility index (Phi) is 5.61. The molecule has 0 saturated carbocycles. The second-order valence-electron chi connectivity index (χ2n) is 8.03. The Balaban J connectivity index is 2.08. The fourth-order valence-electron chi connectivity index (χ4n) is 3.50. The maximum atomic E-state index is 12.8. The van der Waals surface area contributed by atoms with Crippen LogP contribution >= 0.6 is 0 Å². The number of unbranched alkanes of at least 4 members (excludes halogenated alkanes) is 1. The first kappa shape index (κ1) is 19.5. The molecule has 0 aliphatic carbocycles. The van der Waals surface area contributed by atoms with Gasteiger partial charge in [-0.15, -0.1) is 0 Å². The molecule has 0 saturated heterocycles. The molecule has 1 atom stereocenters. The van der Waals surface area contributed by atoms with Crippen molar-refractivity contribution in [2.24, 2.45) is 0 Å². The van der Waals surface area contributed by atoms with Gasteiger partial charge in [0.15, 0.2) is 0 Å². The van der Waals surface area contributed by atoms with E-state index in [1.54, 1.807) is 4.90 Å². The van der Waals surface area contributed by atoms with E-state index in [0.717, 1.165) is 40.6 Å². The van der Waals surface area contributed by atoms with Crippen LogP contribution in [0.3, 0.4) is 0 Å². The molecule has 2 aromatic carbocycles. The molecule has 0 fully saturated rings. The first-order chi connectivity index (χ1) is 12.9. The van der Waals surface area contributed by atoms with Crippen molar-refractivity contribution in [2.45, 2.75) is 52.1 Å². The summed E-state index contributed by atoms with van der Waals surface area (Å²) >= 11 is 0. The van der Waals surface area contributed by atoms with Crippen molar-refractivity contribution in [3.8, 4) is 5.75 Å². The molecule has 0 bridgehead atoms. The maximum absolute atomic E-state index is 12.8. The number of amides is 1. The highest BCUT2D eigenvalue weighted by molar-refractivity contribution is 6.02. The SMILES string of the molecule is CCCCOc1cc2c(c3ccccc13)[C@H](CO)CN2C(=O)OC(C)(C)C. The average Bonchev–Trinajstić information content (AvgIpc) is 2.99. The van der Waals surface area contributed by atoms with Crippen molar-refractivity contribution in [2.75, 3.05) is 24.7 Å². The van der Waals surface area contributed by atoms with Gasteiger partial charge in [-0.2, -0.15) is 0 Å². The second kappa shape index (κ2) is 7.77. The molecule has 1 aliphatic heterocycles. The molecule has 1 aliphatic rings. The lowest BCUT2D eigenvalue weighted by Gasteiger charge is -2.25. The average molecular weight is 371 g/mol. The van der Waals surface area contributed by atoms with E-state index in [1.165, 1.54) is 0 Å². The van der Waals surface area contributed by atoms with Crippen LogP contribution in [0, 0.1) is 0 Å². The molecule has 0 radical (unpaired) electrons. The fourth-order valence-corrected chi connectivity index (χ4v) is 3.50. The largest absolute Gasteiger partial charge is 0.493 e. The van der Waals surface area contributed by atoms with Gasteiger partial charge >= 0.3 is 6.09 Å². The van der Waals surface area contributed by atoms with Crippen molar-refractivity contribution >= 4 is 22.6 Å². The van der Waals surface area contributed by atoms with Gasteiger partial charge in [-0.1, -0.05) is 37.6 Å². The van der Waals surface area contributed by atoms with Gasteiger partial charge in [0, 0.05) is 23.9 Å². The van der Waals surface area contributed by atoms with Crippen LogP contribution in [-0.4, -0.2) is 36.6 Å². The molecule has 1 amide bonds. The minimum atomic E-state index is -0.578. The standard InChI is InChI=1S/C22H29NO4/c1-5-6-11-26-19-12-18-20(17-10-8-7-9-16(17)19)15(14-24)13-23(18)21(25)27-22(2,3)4/h7-10,12,15,24H,5-6,11,13-14H2,1-4H3/t15-/m0/s1. The van der Waals surface area contributed by atoms with Crippen LogP contribution in [0.4, 0.5) is 10.5 Å². The van der Waals surface area contributed by atoms with Crippen LogP contribution in [-0.2, 0) is 4.74 Å². The Bertz CT molecular complexity index is 825. The summed E-state index contributed by atoms with van der Waals surface area (Å²) < 4.78 is 11.6. The van der Waals surface area contributed by atoms with Crippen molar-refractivity contribution in [3.05, 3.63) is 35.9 Å². The third-order valence-corrected chi connectivity index (χ3v) is 4.72. The molecule has 0 unspecified atom stereocenters. The molecule has 0 spiro atoms. The molecule has 2 aromatic rings. The lowest BCUT2D eigenvalue weighted by Crippen LogP contribution is -2.36. The van der Waals surface area contributed by atoms with Gasteiger partial charge in [0.05, 0.1) is 18.9 Å². The van der Waals surface area contributed by atoms with E-state index in [0.29, 0.717) is 13.2 Å². The summed E-state index contributed by atoms with van der Waals surface area (Å²) in [6, 6.07) is 9.94. The first-order valence-electron chi connectivity index (χ1n) is 9.65. The summed E-state index contributed by atoms with van der Waals surface area (Å²) in [5, 5.41) is 12.0. The number of fused-ring (bicyclic) bond motifs is 3. The molecule has 1 N–H and O–H groups in total. The zero-order valence-electron chi connectivity index (χ0n) is 16.6. The molecule has 0 aromatic heterocycles. The number of rotatable bonds is 5. The van der Waals surface area contributed by atoms with E-state index in [-0.39, 0.29) is 12.5 Å². The van der Waals surface area contributed by atoms with Crippen LogP contribution in [0.1, 0.15) is 52.0 Å². The summed E-state index contributed by atoms with van der Waals surface area (Å²) in [6.45, 7) is 8.70. The maximum Gasteiger partial charge on any atom is 0.414 e. The highest BCUT2D eigenvalue weighted by atomic mass is 16.6. The molecule has 5 nitrogen and oxygen atoms in total. The lowest BCUT2D eigenvalue weighted by atomic mass is 9.95. The van der Waals surface area contributed by atoms with E-state index in [2.05, 4.69) is 6.92 Å². The zero-order valence-corrected chi connectivity index (χ0v) is 16.6. The topological polar surface area (TPSA) is 59.0 Å². The van der Waals surface area contributed by atoms with Gasteiger partial charge in [-0.05, 0) is 38.1 Å². The molecular formula is C22H29NO4. The van der Waals surface area contributed by atoms with Gasteiger partial charge in [-0.25, -0.2) is 4.79 Å². The van der Waals surface area contributed by atoms with Gasteiger partial charge in [0.1, 0.15) is 11.4 Å². The van der Waals surface area contributed by atoms with Crippen LogP contribution < -0.4 is 9.64 Å². The van der Waals surface area contributed by atoms with Gasteiger partial charge in [0.2, 0.25) is 0 Å². The van der Waals surface area contributed by atoms with E-state index >= 15 is 0 Å². The Labute approximate surface area is 160 Å². The van der Waals surface area contributed by atoms with Crippen molar-refractivity contribution in [1.82, 2.24) is 0 Å². The molecule has 5 heteroatoms. The Morgan fingerprint density at radius 2 is 1.96 bits per heavy atom. The second-order valence-corrected chi connectivity index (χ2v) is 8.03. The Morgan fingerprint density at radius 1 is 1.26 bits per heavy atom. The number of ether oxygens (including phenoxy) is 2. The number of nitrogens with zero attached hydrogens (tertiary/aromatic N) is 1. The number of carbonyl (C=O) groups is 1. The number of hydrogen-bond acceptors (Lipinski definition) is 4. The van der Waals surface area contributed by atoms with Crippen LogP contribution in [0.25, 0.3) is 10.8 Å². The highest BCUT2D eigenvalue weighted by Gasteiger charge is 2.36. The Morgan fingerprint density at radius 3 is 2.59 bits per heavy atom. The fraction of sp³-hybridized carbons (Fsp3) is 0.500. The minimum Gasteiger partial charge on any atom is -0.493 e. The number of anilines is 1. The van der Waals surface area contributed by atoms with Crippen LogP contribution in [0.2, 0.25) is 0 Å². The summed E-state index contributed by atoms with van der Waals surface area (Å²) in [5.41, 5.74) is 1.18. The number of aliphatic hydroxyl groups is 1.